The van der Waals surface area contributed by atoms with E-state index in [0.717, 1.165) is 53.0 Å². The summed E-state index contributed by atoms with van der Waals surface area (Å²) in [4.78, 5) is 20.8. The Morgan fingerprint density at radius 2 is 1.71 bits per heavy atom. The zero-order valence-electron chi connectivity index (χ0n) is 19.6. The predicted molar refractivity (Wildman–Crippen MR) is 131 cm³/mol. The summed E-state index contributed by atoms with van der Waals surface area (Å²) in [6.45, 7) is 2.28. The Bertz CT molecular complexity index is 1320. The van der Waals surface area contributed by atoms with E-state index in [4.69, 9.17) is 9.97 Å². The first kappa shape index (κ1) is 21.8. The molecule has 0 unspecified atom stereocenters. The van der Waals surface area contributed by atoms with Gasteiger partial charge >= 0.3 is 0 Å². The van der Waals surface area contributed by atoms with Gasteiger partial charge in [-0.1, -0.05) is 18.2 Å². The molecule has 0 bridgehead atoms. The number of aryl methyl sites for hydroxylation is 2. The van der Waals surface area contributed by atoms with Crippen LogP contribution in [0.4, 0.5) is 5.82 Å². The van der Waals surface area contributed by atoms with Gasteiger partial charge in [-0.2, -0.15) is 10.2 Å². The van der Waals surface area contributed by atoms with Crippen molar-refractivity contribution >= 4 is 11.7 Å². The second kappa shape index (κ2) is 9.09. The van der Waals surface area contributed by atoms with Gasteiger partial charge in [0.15, 0.2) is 5.82 Å². The van der Waals surface area contributed by atoms with Crippen LogP contribution in [0.15, 0.2) is 55.2 Å². The van der Waals surface area contributed by atoms with Crippen molar-refractivity contribution in [3.05, 3.63) is 55.2 Å². The molecule has 5 rings (SSSR count). The molecule has 0 radical (unpaired) electrons. The summed E-state index contributed by atoms with van der Waals surface area (Å²) in [5.74, 6) is 1.97. The summed E-state index contributed by atoms with van der Waals surface area (Å²) in [6, 6.07) is 8.50. The van der Waals surface area contributed by atoms with E-state index in [1.54, 1.807) is 16.3 Å². The molecule has 0 atom stereocenters. The maximum atomic E-state index is 11.2. The van der Waals surface area contributed by atoms with Crippen LogP contribution in [-0.4, -0.2) is 48.0 Å². The first-order chi connectivity index (χ1) is 16.4. The van der Waals surface area contributed by atoms with E-state index in [2.05, 4.69) is 33.0 Å². The number of anilines is 1. The summed E-state index contributed by atoms with van der Waals surface area (Å²) < 4.78 is 3.57. The molecule has 3 heterocycles. The SMILES string of the molecule is CC(=O)NCC1CC(Nc2nc(-c3cccc(-c4cnn(C)c4)c3)ncc2-c2cnn(C)c2)C1. The quantitative estimate of drug-likeness (QED) is 0.443. The zero-order valence-corrected chi connectivity index (χ0v) is 19.6. The largest absolute Gasteiger partial charge is 0.367 e. The van der Waals surface area contributed by atoms with Gasteiger partial charge in [0.2, 0.25) is 5.91 Å². The monoisotopic (exact) mass is 456 g/mol. The molecule has 0 spiro atoms. The van der Waals surface area contributed by atoms with E-state index in [1.165, 1.54) is 0 Å². The second-order valence-corrected chi connectivity index (χ2v) is 8.96. The normalized spacial score (nSPS) is 17.3. The maximum absolute atomic E-state index is 11.2. The van der Waals surface area contributed by atoms with Crippen molar-refractivity contribution in [2.45, 2.75) is 25.8 Å². The fourth-order valence-electron chi connectivity index (χ4n) is 4.31. The molecule has 9 heteroatoms. The minimum absolute atomic E-state index is 0.0178. The number of amides is 1. The summed E-state index contributed by atoms with van der Waals surface area (Å²) in [5.41, 5.74) is 4.95. The van der Waals surface area contributed by atoms with Crippen molar-refractivity contribution in [1.82, 2.24) is 34.8 Å². The van der Waals surface area contributed by atoms with Crippen LogP contribution in [0, 0.1) is 5.92 Å². The number of rotatable bonds is 7. The number of carbonyl (C=O) groups is 1. The molecule has 3 aromatic heterocycles. The van der Waals surface area contributed by atoms with Gasteiger partial charge in [0.1, 0.15) is 5.82 Å². The molecule has 4 aromatic rings. The number of aromatic nitrogens is 6. The first-order valence-corrected chi connectivity index (χ1v) is 11.4. The number of nitrogens with one attached hydrogen (secondary N) is 2. The van der Waals surface area contributed by atoms with Crippen LogP contribution < -0.4 is 10.6 Å². The van der Waals surface area contributed by atoms with Gasteiger partial charge in [-0.25, -0.2) is 9.97 Å². The van der Waals surface area contributed by atoms with E-state index in [9.17, 15) is 4.79 Å². The molecular weight excluding hydrogens is 428 g/mol. The highest BCUT2D eigenvalue weighted by Gasteiger charge is 2.30. The summed E-state index contributed by atoms with van der Waals surface area (Å²) in [5, 5.41) is 15.1. The lowest BCUT2D eigenvalue weighted by atomic mass is 9.80. The molecule has 1 aromatic carbocycles. The summed E-state index contributed by atoms with van der Waals surface area (Å²) in [6.07, 6.45) is 11.5. The Morgan fingerprint density at radius 1 is 1.00 bits per heavy atom. The highest BCUT2D eigenvalue weighted by atomic mass is 16.1. The number of benzene rings is 1. The Morgan fingerprint density at radius 3 is 2.38 bits per heavy atom. The third kappa shape index (κ3) is 4.68. The number of nitrogens with zero attached hydrogens (tertiary/aromatic N) is 6. The van der Waals surface area contributed by atoms with E-state index >= 15 is 0 Å². The molecule has 1 aliphatic carbocycles. The Kier molecular flexibility index (Phi) is 5.83. The minimum atomic E-state index is 0.0178. The third-order valence-electron chi connectivity index (χ3n) is 6.18. The molecule has 174 valence electrons. The van der Waals surface area contributed by atoms with Gasteiger partial charge in [0.05, 0.1) is 12.4 Å². The second-order valence-electron chi connectivity index (χ2n) is 8.96. The Hall–Kier alpha value is -4.01. The van der Waals surface area contributed by atoms with Crippen LogP contribution in [0.5, 0.6) is 0 Å². The van der Waals surface area contributed by atoms with Crippen molar-refractivity contribution in [3.63, 3.8) is 0 Å². The van der Waals surface area contributed by atoms with Gasteiger partial charge in [-0.3, -0.25) is 14.2 Å². The average Bonchev–Trinajstić information content (AvgIpc) is 3.43. The van der Waals surface area contributed by atoms with E-state index in [-0.39, 0.29) is 5.91 Å². The predicted octanol–water partition coefficient (Wildman–Crippen LogP) is 3.27. The lowest BCUT2D eigenvalue weighted by Crippen LogP contribution is -2.41. The van der Waals surface area contributed by atoms with Crippen LogP contribution in [0.2, 0.25) is 0 Å². The van der Waals surface area contributed by atoms with Crippen molar-refractivity contribution in [2.24, 2.45) is 20.0 Å². The van der Waals surface area contributed by atoms with Crippen LogP contribution in [0.3, 0.4) is 0 Å². The molecule has 34 heavy (non-hydrogen) atoms. The molecular formula is C25H28N8O. The zero-order chi connectivity index (χ0) is 23.7. The van der Waals surface area contributed by atoms with Gasteiger partial charge < -0.3 is 10.6 Å². The molecule has 1 saturated carbocycles. The smallest absolute Gasteiger partial charge is 0.216 e. The van der Waals surface area contributed by atoms with Crippen molar-refractivity contribution in [3.8, 4) is 33.6 Å². The fourth-order valence-corrected chi connectivity index (χ4v) is 4.31. The molecule has 9 nitrogen and oxygen atoms in total. The molecule has 0 saturated heterocycles. The van der Waals surface area contributed by atoms with E-state index in [0.29, 0.717) is 17.8 Å². The van der Waals surface area contributed by atoms with E-state index < -0.39 is 0 Å². The summed E-state index contributed by atoms with van der Waals surface area (Å²) >= 11 is 0. The Labute approximate surface area is 198 Å². The topological polar surface area (TPSA) is 103 Å². The molecule has 1 amide bonds. The average molecular weight is 457 g/mol. The van der Waals surface area contributed by atoms with Crippen molar-refractivity contribution in [1.29, 1.82) is 0 Å². The van der Waals surface area contributed by atoms with Crippen molar-refractivity contribution in [2.75, 3.05) is 11.9 Å². The molecule has 2 N–H and O–H groups in total. The van der Waals surface area contributed by atoms with Gasteiger partial charge in [-0.15, -0.1) is 0 Å². The maximum Gasteiger partial charge on any atom is 0.216 e. The lowest BCUT2D eigenvalue weighted by Gasteiger charge is -2.36. The highest BCUT2D eigenvalue weighted by Crippen LogP contribution is 2.34. The standard InChI is InChI=1S/C25H28N8O/c1-16(34)26-10-17-7-22(8-17)30-25-23(21-12-29-33(3)15-21)13-27-24(31-25)19-6-4-5-18(9-19)20-11-28-32(2)14-20/h4-6,9,11-15,17,22H,7-8,10H2,1-3H3,(H,26,34)(H,27,30,31). The van der Waals surface area contributed by atoms with Crippen LogP contribution in [-0.2, 0) is 18.9 Å². The number of hydrogen-bond acceptors (Lipinski definition) is 6. The summed E-state index contributed by atoms with van der Waals surface area (Å²) in [7, 11) is 3.81. The highest BCUT2D eigenvalue weighted by molar-refractivity contribution is 5.77. The van der Waals surface area contributed by atoms with Crippen molar-refractivity contribution < 1.29 is 4.79 Å². The Balaban J connectivity index is 1.42. The molecule has 1 fully saturated rings. The van der Waals surface area contributed by atoms with E-state index in [1.807, 2.05) is 57.2 Å². The van der Waals surface area contributed by atoms with Crippen LogP contribution in [0.25, 0.3) is 33.6 Å². The minimum Gasteiger partial charge on any atom is -0.367 e. The lowest BCUT2D eigenvalue weighted by molar-refractivity contribution is -0.119. The molecule has 0 aliphatic heterocycles. The van der Waals surface area contributed by atoms with Gasteiger partial charge in [0.25, 0.3) is 0 Å². The fraction of sp³-hybridized carbons (Fsp3) is 0.320. The van der Waals surface area contributed by atoms with Gasteiger partial charge in [0, 0.05) is 74.5 Å². The third-order valence-corrected chi connectivity index (χ3v) is 6.18. The number of hydrogen-bond donors (Lipinski definition) is 2. The van der Waals surface area contributed by atoms with Gasteiger partial charge in [-0.05, 0) is 30.4 Å². The van der Waals surface area contributed by atoms with Crippen LogP contribution >= 0.6 is 0 Å². The first-order valence-electron chi connectivity index (χ1n) is 11.4. The number of carbonyl (C=O) groups excluding carboxylic acids is 1. The van der Waals surface area contributed by atoms with Crippen LogP contribution in [0.1, 0.15) is 19.8 Å². The molecule has 1 aliphatic rings.